The molecule has 190 valence electrons. The number of nitrogens with zero attached hydrogens (tertiary/aromatic N) is 4. The summed E-state index contributed by atoms with van der Waals surface area (Å²) in [5.41, 5.74) is 7.93. The number of hydrogen-bond acceptors (Lipinski definition) is 5. The summed E-state index contributed by atoms with van der Waals surface area (Å²) in [6.45, 7) is 3.90. The van der Waals surface area contributed by atoms with Gasteiger partial charge < -0.3 is 15.4 Å². The lowest BCUT2D eigenvalue weighted by atomic mass is 9.78. The van der Waals surface area contributed by atoms with Gasteiger partial charge in [-0.2, -0.15) is 0 Å². The molecule has 0 radical (unpaired) electrons. The second kappa shape index (κ2) is 10.4. The molecule has 5 rings (SSSR count). The number of benzene rings is 2. The first-order valence-electron chi connectivity index (χ1n) is 12.9. The van der Waals surface area contributed by atoms with Crippen molar-refractivity contribution in [1.29, 1.82) is 0 Å². The number of rotatable bonds is 5. The normalized spacial score (nSPS) is 23.2. The first-order chi connectivity index (χ1) is 17.5. The third-order valence-electron chi connectivity index (χ3n) is 7.73. The van der Waals surface area contributed by atoms with E-state index in [9.17, 15) is 9.59 Å². The highest BCUT2D eigenvalue weighted by molar-refractivity contribution is 6.12. The van der Waals surface area contributed by atoms with E-state index in [1.807, 2.05) is 48.5 Å². The third kappa shape index (κ3) is 4.51. The fourth-order valence-electron chi connectivity index (χ4n) is 5.91. The molecule has 36 heavy (non-hydrogen) atoms. The third-order valence-corrected chi connectivity index (χ3v) is 7.73. The van der Waals surface area contributed by atoms with Crippen molar-refractivity contribution in [1.82, 2.24) is 4.90 Å². The van der Waals surface area contributed by atoms with Crippen LogP contribution in [0.15, 0.2) is 53.5 Å². The van der Waals surface area contributed by atoms with Crippen LogP contribution in [-0.4, -0.2) is 62.1 Å². The summed E-state index contributed by atoms with van der Waals surface area (Å²) in [5.74, 6) is -0.366. The van der Waals surface area contributed by atoms with Crippen LogP contribution in [0.25, 0.3) is 0 Å². The molecule has 0 bridgehead atoms. The Labute approximate surface area is 212 Å². The minimum Gasteiger partial charge on any atom is -0.379 e. The Morgan fingerprint density at radius 3 is 2.61 bits per heavy atom. The van der Waals surface area contributed by atoms with Crippen molar-refractivity contribution in [3.8, 4) is 0 Å². The number of morpholine rings is 1. The second-order valence-corrected chi connectivity index (χ2v) is 9.97. The van der Waals surface area contributed by atoms with Crippen molar-refractivity contribution < 1.29 is 14.3 Å². The maximum atomic E-state index is 14.4. The van der Waals surface area contributed by atoms with E-state index in [0.717, 1.165) is 68.6 Å². The molecular formula is C28H35N5O3. The molecule has 1 atom stereocenters. The number of anilines is 2. The number of amides is 3. The Hall–Kier alpha value is -3.23. The largest absolute Gasteiger partial charge is 0.379 e. The standard InChI is InChI=1S/C28H35N5O3/c1-31-25-13-6-5-9-22(25)19-30-28(26(31)34,23-10-3-2-4-11-23)33(27(29)35)24-12-7-8-21(18-24)20-32-14-16-36-17-15-32/h5-9,12-13,18-19,23H,2-4,10-11,14-17,20H2,1H3,(H2,29,35)/t28-/m1/s1. The van der Waals surface area contributed by atoms with Crippen LogP contribution in [-0.2, 0) is 16.1 Å². The molecule has 0 spiro atoms. The quantitative estimate of drug-likeness (QED) is 0.692. The molecule has 8 nitrogen and oxygen atoms in total. The molecule has 1 aliphatic carbocycles. The average Bonchev–Trinajstić information content (AvgIpc) is 3.01. The molecule has 3 amide bonds. The van der Waals surface area contributed by atoms with Crippen LogP contribution in [0.2, 0.25) is 0 Å². The number of likely N-dealkylation sites (N-methyl/N-ethyl adjacent to an activating group) is 1. The van der Waals surface area contributed by atoms with Gasteiger partial charge in [0, 0.05) is 50.1 Å². The molecule has 0 unspecified atom stereocenters. The van der Waals surface area contributed by atoms with Gasteiger partial charge >= 0.3 is 6.03 Å². The first-order valence-corrected chi connectivity index (χ1v) is 12.9. The molecule has 1 saturated heterocycles. The lowest BCUT2D eigenvalue weighted by Crippen LogP contribution is -2.65. The molecule has 2 N–H and O–H groups in total. The number of fused-ring (bicyclic) bond motifs is 1. The minimum atomic E-state index is -1.45. The Bertz CT molecular complexity index is 1140. The zero-order valence-electron chi connectivity index (χ0n) is 20.9. The number of carbonyl (C=O) groups excluding carboxylic acids is 2. The number of benzodiazepines with no additional fused rings is 1. The van der Waals surface area contributed by atoms with Crippen LogP contribution >= 0.6 is 0 Å². The van der Waals surface area contributed by atoms with E-state index in [0.29, 0.717) is 18.9 Å². The van der Waals surface area contributed by atoms with Gasteiger partial charge in [0.25, 0.3) is 5.91 Å². The number of carbonyl (C=O) groups is 2. The summed E-state index contributed by atoms with van der Waals surface area (Å²) < 4.78 is 5.48. The van der Waals surface area contributed by atoms with Crippen molar-refractivity contribution in [3.63, 3.8) is 0 Å². The van der Waals surface area contributed by atoms with E-state index in [-0.39, 0.29) is 11.8 Å². The van der Waals surface area contributed by atoms with E-state index in [2.05, 4.69) is 4.90 Å². The fraction of sp³-hybridized carbons (Fsp3) is 0.464. The Kier molecular flexibility index (Phi) is 7.07. The van der Waals surface area contributed by atoms with Crippen LogP contribution in [0.4, 0.5) is 16.2 Å². The SMILES string of the molecule is CN1C(=O)[C@@](C2CCCCC2)(N(C(N)=O)c2cccc(CN3CCOCC3)c2)N=Cc2ccccc21. The minimum absolute atomic E-state index is 0.137. The highest BCUT2D eigenvalue weighted by Crippen LogP contribution is 2.43. The molecule has 2 aromatic carbocycles. The van der Waals surface area contributed by atoms with Crippen molar-refractivity contribution in [2.24, 2.45) is 16.6 Å². The van der Waals surface area contributed by atoms with Gasteiger partial charge in [-0.1, -0.05) is 49.6 Å². The highest BCUT2D eigenvalue weighted by atomic mass is 16.5. The molecular weight excluding hydrogens is 454 g/mol. The Morgan fingerprint density at radius 2 is 1.86 bits per heavy atom. The summed E-state index contributed by atoms with van der Waals surface area (Å²) in [5, 5.41) is 0. The Balaban J connectivity index is 1.60. The van der Waals surface area contributed by atoms with Gasteiger partial charge in [0.1, 0.15) is 0 Å². The van der Waals surface area contributed by atoms with Crippen LogP contribution < -0.4 is 15.5 Å². The number of aliphatic imine (C=N–C) groups is 1. The van der Waals surface area contributed by atoms with E-state index in [1.165, 1.54) is 4.90 Å². The number of hydrogen-bond donors (Lipinski definition) is 1. The first kappa shape index (κ1) is 24.5. The van der Waals surface area contributed by atoms with E-state index < -0.39 is 11.7 Å². The lowest BCUT2D eigenvalue weighted by Gasteiger charge is -2.46. The molecule has 2 aliphatic heterocycles. The van der Waals surface area contributed by atoms with Crippen LogP contribution in [0.1, 0.15) is 43.2 Å². The molecule has 0 aromatic heterocycles. The smallest absolute Gasteiger partial charge is 0.321 e. The summed E-state index contributed by atoms with van der Waals surface area (Å²) in [6, 6.07) is 14.8. The van der Waals surface area contributed by atoms with E-state index >= 15 is 0 Å². The van der Waals surface area contributed by atoms with Crippen molar-refractivity contribution >= 4 is 29.5 Å². The second-order valence-electron chi connectivity index (χ2n) is 9.97. The van der Waals surface area contributed by atoms with Crippen molar-refractivity contribution in [3.05, 3.63) is 59.7 Å². The summed E-state index contributed by atoms with van der Waals surface area (Å²) in [6.07, 6.45) is 6.48. The van der Waals surface area contributed by atoms with Gasteiger partial charge in [-0.25, -0.2) is 4.79 Å². The van der Waals surface area contributed by atoms with E-state index in [4.69, 9.17) is 15.5 Å². The molecule has 8 heteroatoms. The van der Waals surface area contributed by atoms with Crippen LogP contribution in [0.5, 0.6) is 0 Å². The monoisotopic (exact) mass is 489 g/mol. The Morgan fingerprint density at radius 1 is 1.11 bits per heavy atom. The van der Waals surface area contributed by atoms with Gasteiger partial charge in [-0.15, -0.1) is 0 Å². The summed E-state index contributed by atoms with van der Waals surface area (Å²) in [4.78, 5) is 38.1. The number of para-hydroxylation sites is 1. The summed E-state index contributed by atoms with van der Waals surface area (Å²) in [7, 11) is 1.77. The molecule has 2 aromatic rings. The van der Waals surface area contributed by atoms with Crippen LogP contribution in [0.3, 0.4) is 0 Å². The topological polar surface area (TPSA) is 91.5 Å². The van der Waals surface area contributed by atoms with Gasteiger partial charge in [0.2, 0.25) is 5.66 Å². The van der Waals surface area contributed by atoms with Crippen molar-refractivity contribution in [2.75, 3.05) is 43.2 Å². The number of primary amides is 1. The predicted molar refractivity (Wildman–Crippen MR) is 141 cm³/mol. The number of ether oxygens (including phenoxy) is 1. The zero-order valence-corrected chi connectivity index (χ0v) is 20.9. The predicted octanol–water partition coefficient (Wildman–Crippen LogP) is 3.78. The number of nitrogens with two attached hydrogens (primary N) is 1. The van der Waals surface area contributed by atoms with Gasteiger partial charge in [-0.3, -0.25) is 19.6 Å². The average molecular weight is 490 g/mol. The van der Waals surface area contributed by atoms with Crippen molar-refractivity contribution in [2.45, 2.75) is 44.3 Å². The van der Waals surface area contributed by atoms with Crippen LogP contribution in [0, 0.1) is 5.92 Å². The van der Waals surface area contributed by atoms with Gasteiger partial charge in [-0.05, 0) is 36.6 Å². The fourth-order valence-corrected chi connectivity index (χ4v) is 5.91. The zero-order chi connectivity index (χ0) is 25.1. The molecule has 2 heterocycles. The lowest BCUT2D eigenvalue weighted by molar-refractivity contribution is -0.125. The van der Waals surface area contributed by atoms with E-state index in [1.54, 1.807) is 18.2 Å². The maximum absolute atomic E-state index is 14.4. The number of urea groups is 1. The van der Waals surface area contributed by atoms with Gasteiger partial charge in [0.05, 0.1) is 18.9 Å². The molecule has 1 saturated carbocycles. The molecule has 2 fully saturated rings. The molecule has 3 aliphatic rings. The highest BCUT2D eigenvalue weighted by Gasteiger charge is 2.55. The maximum Gasteiger partial charge on any atom is 0.321 e. The van der Waals surface area contributed by atoms with Gasteiger partial charge in [0.15, 0.2) is 0 Å². The summed E-state index contributed by atoms with van der Waals surface area (Å²) >= 11 is 0.